The van der Waals surface area contributed by atoms with Gasteiger partial charge in [0.1, 0.15) is 0 Å². The highest BCUT2D eigenvalue weighted by molar-refractivity contribution is 4.94. The number of ether oxygens (including phenoxy) is 1. The van der Waals surface area contributed by atoms with E-state index in [0.717, 1.165) is 11.8 Å². The maximum atomic E-state index is 5.55. The minimum Gasteiger partial charge on any atom is -0.382 e. The average molecular weight is 256 g/mol. The number of nitrogens with one attached hydrogen (secondary N) is 1. The molecule has 1 saturated carbocycles. The van der Waals surface area contributed by atoms with Crippen LogP contribution in [0.25, 0.3) is 0 Å². The molecule has 2 unspecified atom stereocenters. The first-order valence-electron chi connectivity index (χ1n) is 7.32. The fourth-order valence-corrected chi connectivity index (χ4v) is 3.37. The molecule has 1 aliphatic carbocycles. The minimum atomic E-state index is 0.547. The van der Waals surface area contributed by atoms with Crippen LogP contribution in [0.1, 0.15) is 33.1 Å². The van der Waals surface area contributed by atoms with Gasteiger partial charge in [0.05, 0.1) is 13.2 Å². The fraction of sp³-hybridized carbons (Fsp3) is 1.00. The van der Waals surface area contributed by atoms with Gasteiger partial charge in [-0.05, 0) is 38.5 Å². The SMILES string of the molecule is COCCONC1C2CCCC1CN(C(C)C)C2. The number of hydrogen-bond donors (Lipinski definition) is 1. The van der Waals surface area contributed by atoms with Gasteiger partial charge in [-0.25, -0.2) is 0 Å². The van der Waals surface area contributed by atoms with Gasteiger partial charge in [-0.3, -0.25) is 4.84 Å². The molecule has 18 heavy (non-hydrogen) atoms. The highest BCUT2D eigenvalue weighted by Gasteiger charge is 2.40. The molecule has 1 N–H and O–H groups in total. The van der Waals surface area contributed by atoms with Crippen LogP contribution in [0.4, 0.5) is 0 Å². The molecule has 2 atom stereocenters. The third-order valence-electron chi connectivity index (χ3n) is 4.44. The smallest absolute Gasteiger partial charge is 0.0915 e. The van der Waals surface area contributed by atoms with E-state index in [1.54, 1.807) is 7.11 Å². The molecule has 4 nitrogen and oxygen atoms in total. The van der Waals surface area contributed by atoms with Crippen molar-refractivity contribution < 1.29 is 9.57 Å². The summed E-state index contributed by atoms with van der Waals surface area (Å²) in [6, 6.07) is 1.22. The lowest BCUT2D eigenvalue weighted by molar-refractivity contribution is -0.0739. The Labute approximate surface area is 111 Å². The van der Waals surface area contributed by atoms with Crippen molar-refractivity contribution in [1.29, 1.82) is 0 Å². The van der Waals surface area contributed by atoms with Gasteiger partial charge < -0.3 is 9.64 Å². The van der Waals surface area contributed by atoms with Crippen molar-refractivity contribution in [1.82, 2.24) is 10.4 Å². The number of methoxy groups -OCH3 is 1. The molecule has 2 fully saturated rings. The van der Waals surface area contributed by atoms with Crippen molar-refractivity contribution in [2.24, 2.45) is 11.8 Å². The Kier molecular flexibility index (Phi) is 5.42. The van der Waals surface area contributed by atoms with Gasteiger partial charge in [0, 0.05) is 32.3 Å². The molecular formula is C14H28N2O2. The highest BCUT2D eigenvalue weighted by Crippen LogP contribution is 2.35. The monoisotopic (exact) mass is 256 g/mol. The first-order chi connectivity index (χ1) is 8.72. The Bertz CT molecular complexity index is 234. The van der Waals surface area contributed by atoms with E-state index in [4.69, 9.17) is 9.57 Å². The van der Waals surface area contributed by atoms with Gasteiger partial charge in [0.2, 0.25) is 0 Å². The molecule has 2 aliphatic rings. The topological polar surface area (TPSA) is 33.7 Å². The number of hydrogen-bond acceptors (Lipinski definition) is 4. The molecule has 0 amide bonds. The van der Waals surface area contributed by atoms with Crippen molar-refractivity contribution in [3.8, 4) is 0 Å². The fourth-order valence-electron chi connectivity index (χ4n) is 3.37. The van der Waals surface area contributed by atoms with Gasteiger partial charge in [0.15, 0.2) is 0 Å². The zero-order chi connectivity index (χ0) is 13.0. The van der Waals surface area contributed by atoms with E-state index in [1.807, 2.05) is 0 Å². The third-order valence-corrected chi connectivity index (χ3v) is 4.44. The van der Waals surface area contributed by atoms with E-state index in [2.05, 4.69) is 24.2 Å². The maximum absolute atomic E-state index is 5.55. The van der Waals surface area contributed by atoms with Crippen LogP contribution in [0.15, 0.2) is 0 Å². The molecule has 1 aliphatic heterocycles. The number of hydroxylamine groups is 1. The van der Waals surface area contributed by atoms with Gasteiger partial charge in [-0.2, -0.15) is 5.48 Å². The summed E-state index contributed by atoms with van der Waals surface area (Å²) in [6.45, 7) is 8.35. The number of nitrogens with zero attached hydrogens (tertiary/aromatic N) is 1. The summed E-state index contributed by atoms with van der Waals surface area (Å²) in [4.78, 5) is 8.18. The number of rotatable bonds is 6. The molecule has 1 saturated heterocycles. The first-order valence-corrected chi connectivity index (χ1v) is 7.32. The molecule has 0 spiro atoms. The Morgan fingerprint density at radius 2 is 1.83 bits per heavy atom. The quantitative estimate of drug-likeness (QED) is 0.579. The van der Waals surface area contributed by atoms with Gasteiger partial charge in [-0.15, -0.1) is 0 Å². The predicted molar refractivity (Wildman–Crippen MR) is 72.3 cm³/mol. The van der Waals surface area contributed by atoms with Crippen LogP contribution in [-0.4, -0.2) is 50.4 Å². The van der Waals surface area contributed by atoms with E-state index in [-0.39, 0.29) is 0 Å². The summed E-state index contributed by atoms with van der Waals surface area (Å²) in [7, 11) is 1.71. The molecule has 0 aromatic rings. The highest BCUT2D eigenvalue weighted by atomic mass is 16.7. The van der Waals surface area contributed by atoms with E-state index in [0.29, 0.717) is 25.3 Å². The number of piperidine rings is 1. The van der Waals surface area contributed by atoms with Crippen molar-refractivity contribution in [3.63, 3.8) is 0 Å². The maximum Gasteiger partial charge on any atom is 0.0915 e. The van der Waals surface area contributed by atoms with Gasteiger partial charge >= 0.3 is 0 Å². The summed E-state index contributed by atoms with van der Waals surface area (Å²) in [5.74, 6) is 1.50. The van der Waals surface area contributed by atoms with Crippen LogP contribution < -0.4 is 5.48 Å². The van der Waals surface area contributed by atoms with Crippen molar-refractivity contribution in [2.45, 2.75) is 45.2 Å². The van der Waals surface area contributed by atoms with Crippen LogP contribution in [0.5, 0.6) is 0 Å². The number of fused-ring (bicyclic) bond motifs is 2. The molecule has 0 radical (unpaired) electrons. The van der Waals surface area contributed by atoms with Crippen molar-refractivity contribution >= 4 is 0 Å². The second-order valence-electron chi connectivity index (χ2n) is 5.98. The lowest BCUT2D eigenvalue weighted by Crippen LogP contribution is -2.58. The Morgan fingerprint density at radius 3 is 2.39 bits per heavy atom. The second-order valence-corrected chi connectivity index (χ2v) is 5.98. The van der Waals surface area contributed by atoms with Crippen LogP contribution in [0.3, 0.4) is 0 Å². The van der Waals surface area contributed by atoms with Crippen LogP contribution in [-0.2, 0) is 9.57 Å². The standard InChI is InChI=1S/C14H28N2O2/c1-11(2)16-9-12-5-4-6-13(10-16)14(12)15-18-8-7-17-3/h11-15H,4-10H2,1-3H3. The van der Waals surface area contributed by atoms with Gasteiger partial charge in [0.25, 0.3) is 0 Å². The van der Waals surface area contributed by atoms with Crippen molar-refractivity contribution in [3.05, 3.63) is 0 Å². The van der Waals surface area contributed by atoms with Crippen LogP contribution in [0, 0.1) is 11.8 Å². The Morgan fingerprint density at radius 1 is 1.17 bits per heavy atom. The molecule has 0 aromatic heterocycles. The Balaban J connectivity index is 1.84. The normalized spacial score (nSPS) is 33.0. The molecule has 2 bridgehead atoms. The molecule has 1 heterocycles. The third kappa shape index (κ3) is 3.44. The molecule has 2 rings (SSSR count). The van der Waals surface area contributed by atoms with E-state index < -0.39 is 0 Å². The summed E-state index contributed by atoms with van der Waals surface area (Å²) in [5, 5.41) is 0. The second kappa shape index (κ2) is 6.85. The minimum absolute atomic E-state index is 0.547. The molecular weight excluding hydrogens is 228 g/mol. The van der Waals surface area contributed by atoms with E-state index in [9.17, 15) is 0 Å². The zero-order valence-corrected chi connectivity index (χ0v) is 12.0. The van der Waals surface area contributed by atoms with E-state index in [1.165, 1.54) is 32.4 Å². The lowest BCUT2D eigenvalue weighted by Gasteiger charge is -2.48. The Hall–Kier alpha value is -0.160. The largest absolute Gasteiger partial charge is 0.382 e. The van der Waals surface area contributed by atoms with Crippen LogP contribution >= 0.6 is 0 Å². The average Bonchev–Trinajstić information content (AvgIpc) is 2.33. The number of likely N-dealkylation sites (tertiary alicyclic amines) is 1. The summed E-state index contributed by atoms with van der Waals surface area (Å²) >= 11 is 0. The lowest BCUT2D eigenvalue weighted by atomic mass is 9.73. The molecule has 0 aromatic carbocycles. The predicted octanol–water partition coefficient (Wildman–Crippen LogP) is 1.66. The summed E-state index contributed by atoms with van der Waals surface area (Å²) in [5.41, 5.74) is 3.31. The van der Waals surface area contributed by atoms with Gasteiger partial charge in [-0.1, -0.05) is 6.42 Å². The molecule has 4 heteroatoms. The summed E-state index contributed by atoms with van der Waals surface area (Å²) in [6.07, 6.45) is 4.06. The summed E-state index contributed by atoms with van der Waals surface area (Å²) < 4.78 is 5.00. The van der Waals surface area contributed by atoms with Crippen LogP contribution in [0.2, 0.25) is 0 Å². The van der Waals surface area contributed by atoms with Crippen molar-refractivity contribution in [2.75, 3.05) is 33.4 Å². The van der Waals surface area contributed by atoms with E-state index >= 15 is 0 Å². The zero-order valence-electron chi connectivity index (χ0n) is 12.0. The first kappa shape index (κ1) is 14.3. The molecule has 106 valence electrons.